The van der Waals surface area contributed by atoms with E-state index < -0.39 is 0 Å². The zero-order chi connectivity index (χ0) is 13.4. The molecular weight excluding hydrogens is 225 g/mol. The molecule has 1 saturated heterocycles. The maximum absolute atomic E-state index is 6.03. The van der Waals surface area contributed by atoms with Gasteiger partial charge < -0.3 is 14.6 Å². The molecule has 3 nitrogen and oxygen atoms in total. The number of rotatable bonds is 3. The van der Waals surface area contributed by atoms with E-state index in [9.17, 15) is 0 Å². The van der Waals surface area contributed by atoms with Crippen molar-refractivity contribution < 1.29 is 9.31 Å². The first-order valence-electron chi connectivity index (χ1n) is 6.55. The molecule has 0 unspecified atom stereocenters. The maximum atomic E-state index is 6.03. The lowest BCUT2D eigenvalue weighted by Gasteiger charge is -2.32. The number of nitrogens with one attached hydrogen (secondary N) is 1. The van der Waals surface area contributed by atoms with E-state index in [0.29, 0.717) is 0 Å². The minimum atomic E-state index is -0.286. The molecule has 1 heterocycles. The highest BCUT2D eigenvalue weighted by Crippen LogP contribution is 2.36. The molecule has 1 aliphatic heterocycles. The summed E-state index contributed by atoms with van der Waals surface area (Å²) in [5.74, 6) is 0. The Labute approximate surface area is 110 Å². The molecule has 1 fully saturated rings. The van der Waals surface area contributed by atoms with E-state index in [0.717, 1.165) is 17.7 Å². The maximum Gasteiger partial charge on any atom is 0.494 e. The summed E-state index contributed by atoms with van der Waals surface area (Å²) in [5.41, 5.74) is 1.59. The van der Waals surface area contributed by atoms with Crippen LogP contribution in [0, 0.1) is 0 Å². The monoisotopic (exact) mass is 247 g/mol. The first kappa shape index (κ1) is 13.4. The predicted molar refractivity (Wildman–Crippen MR) is 76.3 cm³/mol. The van der Waals surface area contributed by atoms with Gasteiger partial charge in [-0.25, -0.2) is 0 Å². The number of benzene rings is 1. The Morgan fingerprint density at radius 2 is 1.72 bits per heavy atom. The standard InChI is InChI=1S/C14H22BNO2/c1-6-16-12-9-7-8-11(10-12)15-17-13(2,3)14(4,5)18-15/h7-10,16H,6H2,1-5H3. The van der Waals surface area contributed by atoms with Gasteiger partial charge in [-0.2, -0.15) is 0 Å². The second-order valence-corrected chi connectivity index (χ2v) is 5.74. The highest BCUT2D eigenvalue weighted by molar-refractivity contribution is 6.62. The van der Waals surface area contributed by atoms with E-state index >= 15 is 0 Å². The van der Waals surface area contributed by atoms with Crippen LogP contribution in [0.1, 0.15) is 34.6 Å². The van der Waals surface area contributed by atoms with Gasteiger partial charge in [0.25, 0.3) is 0 Å². The third-order valence-electron chi connectivity index (χ3n) is 3.79. The molecule has 1 aliphatic rings. The van der Waals surface area contributed by atoms with Gasteiger partial charge in [-0.05, 0) is 52.2 Å². The number of hydrogen-bond acceptors (Lipinski definition) is 3. The molecule has 0 aliphatic carbocycles. The summed E-state index contributed by atoms with van der Waals surface area (Å²) >= 11 is 0. The van der Waals surface area contributed by atoms with Crippen LogP contribution in [0.25, 0.3) is 0 Å². The fourth-order valence-corrected chi connectivity index (χ4v) is 1.98. The van der Waals surface area contributed by atoms with E-state index in [4.69, 9.17) is 9.31 Å². The Bertz CT molecular complexity index is 416. The van der Waals surface area contributed by atoms with Crippen LogP contribution in [0.3, 0.4) is 0 Å². The van der Waals surface area contributed by atoms with E-state index in [1.807, 2.05) is 12.1 Å². The van der Waals surface area contributed by atoms with Gasteiger partial charge in [-0.15, -0.1) is 0 Å². The Morgan fingerprint density at radius 3 is 2.28 bits per heavy atom. The third-order valence-corrected chi connectivity index (χ3v) is 3.79. The first-order valence-corrected chi connectivity index (χ1v) is 6.55. The fraction of sp³-hybridized carbons (Fsp3) is 0.571. The molecule has 0 amide bonds. The minimum Gasteiger partial charge on any atom is -0.399 e. The predicted octanol–water partition coefficient (Wildman–Crippen LogP) is 2.42. The first-order chi connectivity index (χ1) is 8.36. The van der Waals surface area contributed by atoms with Gasteiger partial charge in [0.2, 0.25) is 0 Å². The number of hydrogen-bond donors (Lipinski definition) is 1. The Hall–Kier alpha value is -0.995. The molecule has 1 aromatic carbocycles. The summed E-state index contributed by atoms with van der Waals surface area (Å²) in [5, 5.41) is 3.30. The van der Waals surface area contributed by atoms with Crippen molar-refractivity contribution in [3.63, 3.8) is 0 Å². The van der Waals surface area contributed by atoms with E-state index in [1.54, 1.807) is 0 Å². The Kier molecular flexibility index (Phi) is 3.43. The van der Waals surface area contributed by atoms with Crippen LogP contribution < -0.4 is 10.8 Å². The summed E-state index contributed by atoms with van der Waals surface area (Å²) in [4.78, 5) is 0. The van der Waals surface area contributed by atoms with Crippen molar-refractivity contribution in [1.29, 1.82) is 0 Å². The van der Waals surface area contributed by atoms with Crippen molar-refractivity contribution in [2.45, 2.75) is 45.8 Å². The van der Waals surface area contributed by atoms with Crippen LogP contribution in [0.4, 0.5) is 5.69 Å². The fourth-order valence-electron chi connectivity index (χ4n) is 1.98. The molecule has 98 valence electrons. The topological polar surface area (TPSA) is 30.5 Å². The van der Waals surface area contributed by atoms with Gasteiger partial charge in [0.1, 0.15) is 0 Å². The second-order valence-electron chi connectivity index (χ2n) is 5.74. The van der Waals surface area contributed by atoms with Crippen LogP contribution in [-0.4, -0.2) is 24.9 Å². The van der Waals surface area contributed by atoms with Crippen LogP contribution >= 0.6 is 0 Å². The van der Waals surface area contributed by atoms with Crippen LogP contribution in [0.5, 0.6) is 0 Å². The van der Waals surface area contributed by atoms with Crippen molar-refractivity contribution in [3.8, 4) is 0 Å². The molecule has 1 aromatic rings. The average molecular weight is 247 g/mol. The molecule has 0 spiro atoms. The summed E-state index contributed by atoms with van der Waals surface area (Å²) in [6, 6.07) is 8.21. The van der Waals surface area contributed by atoms with Crippen LogP contribution in [-0.2, 0) is 9.31 Å². The lowest BCUT2D eigenvalue weighted by atomic mass is 9.79. The lowest BCUT2D eigenvalue weighted by Crippen LogP contribution is -2.41. The highest BCUT2D eigenvalue weighted by Gasteiger charge is 2.51. The van der Waals surface area contributed by atoms with Crippen molar-refractivity contribution >= 4 is 18.3 Å². The molecule has 0 aromatic heterocycles. The quantitative estimate of drug-likeness (QED) is 0.832. The lowest BCUT2D eigenvalue weighted by molar-refractivity contribution is 0.00578. The third kappa shape index (κ3) is 2.40. The van der Waals surface area contributed by atoms with Crippen molar-refractivity contribution in [3.05, 3.63) is 24.3 Å². The van der Waals surface area contributed by atoms with Gasteiger partial charge in [0.05, 0.1) is 11.2 Å². The average Bonchev–Trinajstić information content (AvgIpc) is 2.49. The molecule has 4 heteroatoms. The summed E-state index contributed by atoms with van der Waals surface area (Å²) in [6.45, 7) is 11.3. The molecule has 0 atom stereocenters. The van der Waals surface area contributed by atoms with Crippen molar-refractivity contribution in [1.82, 2.24) is 0 Å². The van der Waals surface area contributed by atoms with Gasteiger partial charge in [0.15, 0.2) is 0 Å². The van der Waals surface area contributed by atoms with Gasteiger partial charge in [0, 0.05) is 12.2 Å². The molecule has 1 N–H and O–H groups in total. The van der Waals surface area contributed by atoms with E-state index in [1.165, 1.54) is 0 Å². The Morgan fingerprint density at radius 1 is 1.11 bits per heavy atom. The molecule has 18 heavy (non-hydrogen) atoms. The molecule has 0 radical (unpaired) electrons. The van der Waals surface area contributed by atoms with Crippen molar-refractivity contribution in [2.24, 2.45) is 0 Å². The van der Waals surface area contributed by atoms with E-state index in [-0.39, 0.29) is 18.3 Å². The molecule has 2 rings (SSSR count). The van der Waals surface area contributed by atoms with E-state index in [2.05, 4.69) is 52.1 Å². The SMILES string of the molecule is CCNc1cccc(B2OC(C)(C)C(C)(C)O2)c1. The normalized spacial score (nSPS) is 21.1. The molecule has 0 bridgehead atoms. The smallest absolute Gasteiger partial charge is 0.399 e. The second kappa shape index (κ2) is 4.59. The molecular formula is C14H22BNO2. The molecule has 0 saturated carbocycles. The van der Waals surface area contributed by atoms with Gasteiger partial charge in [-0.1, -0.05) is 12.1 Å². The summed E-state index contributed by atoms with van der Waals surface area (Å²) in [6.07, 6.45) is 0. The zero-order valence-electron chi connectivity index (χ0n) is 11.9. The largest absolute Gasteiger partial charge is 0.494 e. The van der Waals surface area contributed by atoms with Crippen molar-refractivity contribution in [2.75, 3.05) is 11.9 Å². The number of anilines is 1. The minimum absolute atomic E-state index is 0.284. The zero-order valence-corrected chi connectivity index (χ0v) is 11.9. The summed E-state index contributed by atoms with van der Waals surface area (Å²) < 4.78 is 12.1. The van der Waals surface area contributed by atoms with Gasteiger partial charge >= 0.3 is 7.12 Å². The van der Waals surface area contributed by atoms with Gasteiger partial charge in [-0.3, -0.25) is 0 Å². The summed E-state index contributed by atoms with van der Waals surface area (Å²) in [7, 11) is -0.284. The van der Waals surface area contributed by atoms with Crippen LogP contribution in [0.2, 0.25) is 0 Å². The Balaban J connectivity index is 2.21. The highest BCUT2D eigenvalue weighted by atomic mass is 16.7. The van der Waals surface area contributed by atoms with Crippen LogP contribution in [0.15, 0.2) is 24.3 Å².